The lowest BCUT2D eigenvalue weighted by molar-refractivity contribution is 0.0600. The number of carbonyl (C=O) groups is 3. The summed E-state index contributed by atoms with van der Waals surface area (Å²) < 4.78 is 10.6. The molecule has 0 aliphatic heterocycles. The van der Waals surface area contributed by atoms with Gasteiger partial charge in [0.15, 0.2) is 11.6 Å². The largest absolute Gasteiger partial charge is 0.494 e. The highest BCUT2D eigenvalue weighted by Gasteiger charge is 2.16. The molecule has 5 nitrogen and oxygen atoms in total. The number of hydrogen-bond acceptors (Lipinski definition) is 5. The number of ketones is 2. The van der Waals surface area contributed by atoms with Crippen LogP contribution >= 0.6 is 0 Å². The molecule has 0 unspecified atom stereocenters. The predicted molar refractivity (Wildman–Crippen MR) is 190 cm³/mol. The smallest absolute Gasteiger partial charge is 0.337 e. The number of rotatable bonds is 29. The molecular formula is C41H62O5. The molecule has 2 rings (SSSR count). The molecule has 0 fully saturated rings. The first-order chi connectivity index (χ1) is 22.5. The summed E-state index contributed by atoms with van der Waals surface area (Å²) in [5, 5.41) is 0. The maximum Gasteiger partial charge on any atom is 0.337 e. The van der Waals surface area contributed by atoms with Crippen LogP contribution in [-0.2, 0) is 4.74 Å². The lowest BCUT2D eigenvalue weighted by Gasteiger charge is -2.08. The van der Waals surface area contributed by atoms with Crippen LogP contribution in [0.15, 0.2) is 48.5 Å². The second-order valence-electron chi connectivity index (χ2n) is 12.9. The minimum Gasteiger partial charge on any atom is -0.494 e. The van der Waals surface area contributed by atoms with Gasteiger partial charge in [-0.25, -0.2) is 4.79 Å². The predicted octanol–water partition coefficient (Wildman–Crippen LogP) is 11.9. The number of hydrogen-bond donors (Lipinski definition) is 0. The van der Waals surface area contributed by atoms with Gasteiger partial charge in [-0.2, -0.15) is 0 Å². The fourth-order valence-electron chi connectivity index (χ4n) is 5.93. The number of Topliss-reactive ketones (excluding diaryl/α,β-unsaturated/α-hetero) is 2. The zero-order valence-electron chi connectivity index (χ0n) is 29.1. The van der Waals surface area contributed by atoms with Crippen molar-refractivity contribution in [2.24, 2.45) is 0 Å². The van der Waals surface area contributed by atoms with E-state index in [4.69, 9.17) is 9.47 Å². The second-order valence-corrected chi connectivity index (χ2v) is 12.9. The normalized spacial score (nSPS) is 11.0. The van der Waals surface area contributed by atoms with Crippen molar-refractivity contribution in [3.05, 3.63) is 65.2 Å². The van der Waals surface area contributed by atoms with Crippen LogP contribution in [0.1, 0.15) is 186 Å². The van der Waals surface area contributed by atoms with E-state index in [1.54, 1.807) is 42.5 Å². The minimum atomic E-state index is -0.516. The highest BCUT2D eigenvalue weighted by atomic mass is 16.5. The van der Waals surface area contributed by atoms with Gasteiger partial charge in [0.2, 0.25) is 0 Å². The molecule has 0 heterocycles. The van der Waals surface area contributed by atoms with Crippen molar-refractivity contribution in [1.29, 1.82) is 0 Å². The zero-order chi connectivity index (χ0) is 33.1. The SMILES string of the molecule is CCCCCCCCCCCCCCCCCCCCCCCCOc1ccc(C(=O)CC(=O)c2cccc(C(=O)OC)c2)cc1. The van der Waals surface area contributed by atoms with Gasteiger partial charge in [-0.3, -0.25) is 9.59 Å². The average Bonchev–Trinajstić information content (AvgIpc) is 3.08. The summed E-state index contributed by atoms with van der Waals surface area (Å²) in [4.78, 5) is 36.9. The van der Waals surface area contributed by atoms with Gasteiger partial charge in [-0.1, -0.05) is 154 Å². The van der Waals surface area contributed by atoms with Crippen molar-refractivity contribution in [2.75, 3.05) is 13.7 Å². The van der Waals surface area contributed by atoms with Crippen LogP contribution < -0.4 is 4.74 Å². The van der Waals surface area contributed by atoms with Crippen molar-refractivity contribution in [1.82, 2.24) is 0 Å². The summed E-state index contributed by atoms with van der Waals surface area (Å²) in [5.74, 6) is -0.379. The molecule has 2 aromatic carbocycles. The first-order valence-electron chi connectivity index (χ1n) is 18.5. The molecule has 0 spiro atoms. The maximum atomic E-state index is 12.6. The second kappa shape index (κ2) is 26.2. The molecular weight excluding hydrogens is 572 g/mol. The van der Waals surface area contributed by atoms with E-state index in [1.165, 1.54) is 148 Å². The Kier molecular flexibility index (Phi) is 22.3. The lowest BCUT2D eigenvalue weighted by atomic mass is 10.00. The van der Waals surface area contributed by atoms with Crippen molar-refractivity contribution in [2.45, 2.75) is 155 Å². The van der Waals surface area contributed by atoms with Crippen molar-refractivity contribution < 1.29 is 23.9 Å². The Bertz CT molecular complexity index is 1090. The van der Waals surface area contributed by atoms with E-state index in [1.807, 2.05) is 0 Å². The highest BCUT2D eigenvalue weighted by molar-refractivity contribution is 6.14. The number of carbonyl (C=O) groups excluding carboxylic acids is 3. The number of unbranched alkanes of at least 4 members (excludes halogenated alkanes) is 21. The van der Waals surface area contributed by atoms with Crippen LogP contribution in [0, 0.1) is 0 Å². The molecule has 0 amide bonds. The van der Waals surface area contributed by atoms with Crippen LogP contribution in [0.2, 0.25) is 0 Å². The average molecular weight is 635 g/mol. The van der Waals surface area contributed by atoms with Gasteiger partial charge in [0.1, 0.15) is 5.75 Å². The Morgan fingerprint density at radius 1 is 0.500 bits per heavy atom. The molecule has 0 saturated carbocycles. The topological polar surface area (TPSA) is 69.7 Å². The molecule has 5 heteroatoms. The van der Waals surface area contributed by atoms with E-state index in [0.29, 0.717) is 17.7 Å². The third-order valence-electron chi connectivity index (χ3n) is 8.87. The molecule has 0 radical (unpaired) electrons. The van der Waals surface area contributed by atoms with Crippen LogP contribution in [0.3, 0.4) is 0 Å². The molecule has 256 valence electrons. The first-order valence-corrected chi connectivity index (χ1v) is 18.5. The number of esters is 1. The summed E-state index contributed by atoms with van der Waals surface area (Å²) in [5.41, 5.74) is 1.07. The van der Waals surface area contributed by atoms with Crippen LogP contribution in [0.25, 0.3) is 0 Å². The van der Waals surface area contributed by atoms with Crippen molar-refractivity contribution in [3.8, 4) is 5.75 Å². The van der Waals surface area contributed by atoms with E-state index in [-0.39, 0.29) is 23.6 Å². The Labute approximate surface area is 280 Å². The van der Waals surface area contributed by atoms with Gasteiger partial charge in [-0.15, -0.1) is 0 Å². The van der Waals surface area contributed by atoms with Gasteiger partial charge in [0, 0.05) is 11.1 Å². The minimum absolute atomic E-state index is 0.260. The number of benzene rings is 2. The third kappa shape index (κ3) is 18.3. The van der Waals surface area contributed by atoms with Crippen LogP contribution in [-0.4, -0.2) is 31.3 Å². The summed E-state index contributed by atoms with van der Waals surface area (Å²) in [7, 11) is 1.29. The third-order valence-corrected chi connectivity index (χ3v) is 8.87. The summed E-state index contributed by atoms with van der Waals surface area (Å²) in [6, 6.07) is 13.2. The molecule has 0 aromatic heterocycles. The molecule has 0 atom stereocenters. The first kappa shape index (κ1) is 39.2. The van der Waals surface area contributed by atoms with Crippen LogP contribution in [0.5, 0.6) is 5.75 Å². The van der Waals surface area contributed by atoms with Crippen LogP contribution in [0.4, 0.5) is 0 Å². The monoisotopic (exact) mass is 634 g/mol. The van der Waals surface area contributed by atoms with E-state index >= 15 is 0 Å². The Morgan fingerprint density at radius 3 is 1.37 bits per heavy atom. The van der Waals surface area contributed by atoms with Crippen molar-refractivity contribution >= 4 is 17.5 Å². The summed E-state index contributed by atoms with van der Waals surface area (Å²) in [6.45, 7) is 2.96. The molecule has 46 heavy (non-hydrogen) atoms. The van der Waals surface area contributed by atoms with E-state index < -0.39 is 5.97 Å². The quantitative estimate of drug-likeness (QED) is 0.0385. The zero-order valence-corrected chi connectivity index (χ0v) is 29.1. The molecule has 2 aromatic rings. The number of methoxy groups -OCH3 is 1. The van der Waals surface area contributed by atoms with Gasteiger partial charge >= 0.3 is 5.97 Å². The maximum absolute atomic E-state index is 12.6. The standard InChI is InChI=1S/C41H62O5/c1-3-4-5-6-7-8-9-10-11-12-13-14-15-16-17-18-19-20-21-22-23-24-32-46-38-30-28-35(29-31-38)39(42)34-40(43)36-26-25-27-37(33-36)41(44)45-2/h25-31,33H,3-24,32,34H2,1-2H3. The molecule has 0 aliphatic rings. The van der Waals surface area contributed by atoms with E-state index in [0.717, 1.165) is 12.2 Å². The summed E-state index contributed by atoms with van der Waals surface area (Å²) >= 11 is 0. The molecule has 0 bridgehead atoms. The Balaban J connectivity index is 1.39. The van der Waals surface area contributed by atoms with Gasteiger partial charge < -0.3 is 9.47 Å². The Morgan fingerprint density at radius 2 is 0.913 bits per heavy atom. The molecule has 0 aliphatic carbocycles. The molecule has 0 saturated heterocycles. The fraction of sp³-hybridized carbons (Fsp3) is 0.634. The Hall–Kier alpha value is -2.95. The lowest BCUT2D eigenvalue weighted by Crippen LogP contribution is -2.10. The fourth-order valence-corrected chi connectivity index (χ4v) is 5.93. The molecule has 0 N–H and O–H groups in total. The van der Waals surface area contributed by atoms with Crippen molar-refractivity contribution in [3.63, 3.8) is 0 Å². The van der Waals surface area contributed by atoms with E-state index in [2.05, 4.69) is 6.92 Å². The van der Waals surface area contributed by atoms with Gasteiger partial charge in [0.25, 0.3) is 0 Å². The summed E-state index contributed by atoms with van der Waals surface area (Å²) in [6.07, 6.45) is 30.0. The number of ether oxygens (including phenoxy) is 2. The van der Waals surface area contributed by atoms with E-state index in [9.17, 15) is 14.4 Å². The van der Waals surface area contributed by atoms with Gasteiger partial charge in [0.05, 0.1) is 25.7 Å². The van der Waals surface area contributed by atoms with Gasteiger partial charge in [-0.05, 0) is 42.8 Å². The highest BCUT2D eigenvalue weighted by Crippen LogP contribution is 2.18.